The number of esters is 3. The molecule has 2 aromatic carbocycles. The number of carbonyl (C=O) groups is 3. The first-order valence-electron chi connectivity index (χ1n) is 11.8. The smallest absolute Gasteiger partial charge is 0.338 e. The summed E-state index contributed by atoms with van der Waals surface area (Å²) < 4.78 is 15.4. The van der Waals surface area contributed by atoms with Gasteiger partial charge in [-0.1, -0.05) is 12.1 Å². The number of hydrogen-bond donors (Lipinski definition) is 6. The van der Waals surface area contributed by atoms with Crippen LogP contribution < -0.4 is 0 Å². The van der Waals surface area contributed by atoms with Crippen molar-refractivity contribution in [1.29, 1.82) is 0 Å². The van der Waals surface area contributed by atoms with Crippen molar-refractivity contribution in [3.63, 3.8) is 0 Å². The third-order valence-corrected chi connectivity index (χ3v) is 5.85. The number of aliphatic hydroxyl groups is 2. The highest BCUT2D eigenvalue weighted by atomic mass is 16.6. The Bertz CT molecular complexity index is 1200. The molecule has 39 heavy (non-hydrogen) atoms. The summed E-state index contributed by atoms with van der Waals surface area (Å²) in [6, 6.07) is 7.63. The SMILES string of the molecule is CCOC(=O)C1(O)C[C@@H](OC(=O)/C=C/c2ccc(O)c(O)c2)C(O)[C@H](OC(=O)/C=C/c2ccc(O)c(O)c2)C1. The van der Waals surface area contributed by atoms with E-state index in [9.17, 15) is 45.0 Å². The summed E-state index contributed by atoms with van der Waals surface area (Å²) >= 11 is 0. The number of phenolic OH excluding ortho intramolecular Hbond substituents is 4. The second-order valence-corrected chi connectivity index (χ2v) is 8.76. The molecule has 1 saturated carbocycles. The lowest BCUT2D eigenvalue weighted by Gasteiger charge is -2.41. The second kappa shape index (κ2) is 12.3. The molecule has 0 unspecified atom stereocenters. The molecule has 2 aromatic rings. The van der Waals surface area contributed by atoms with Crippen LogP contribution in [0.1, 0.15) is 30.9 Å². The van der Waals surface area contributed by atoms with Gasteiger partial charge in [0.15, 0.2) is 28.6 Å². The van der Waals surface area contributed by atoms with Gasteiger partial charge in [-0.15, -0.1) is 0 Å². The Labute approximate surface area is 222 Å². The Kier molecular flexibility index (Phi) is 9.17. The van der Waals surface area contributed by atoms with Gasteiger partial charge in [-0.25, -0.2) is 14.4 Å². The van der Waals surface area contributed by atoms with Crippen LogP contribution in [0.5, 0.6) is 23.0 Å². The third kappa shape index (κ3) is 7.49. The Balaban J connectivity index is 1.75. The van der Waals surface area contributed by atoms with Crippen LogP contribution in [0.4, 0.5) is 0 Å². The van der Waals surface area contributed by atoms with Gasteiger partial charge in [0.2, 0.25) is 0 Å². The minimum atomic E-state index is -2.25. The molecule has 6 N–H and O–H groups in total. The van der Waals surface area contributed by atoms with Gasteiger partial charge >= 0.3 is 17.9 Å². The maximum absolute atomic E-state index is 12.5. The number of rotatable bonds is 8. The molecule has 1 aliphatic carbocycles. The molecule has 3 rings (SSSR count). The zero-order chi connectivity index (χ0) is 28.7. The summed E-state index contributed by atoms with van der Waals surface area (Å²) in [7, 11) is 0. The summed E-state index contributed by atoms with van der Waals surface area (Å²) in [5.74, 6) is -4.52. The highest BCUT2D eigenvalue weighted by molar-refractivity contribution is 5.88. The molecule has 0 aromatic heterocycles. The molecule has 12 nitrogen and oxygen atoms in total. The van der Waals surface area contributed by atoms with E-state index >= 15 is 0 Å². The highest BCUT2D eigenvalue weighted by Gasteiger charge is 2.53. The molecule has 0 aliphatic heterocycles. The highest BCUT2D eigenvalue weighted by Crippen LogP contribution is 2.34. The van der Waals surface area contributed by atoms with E-state index in [-0.39, 0.29) is 18.1 Å². The minimum absolute atomic E-state index is 0.0664. The van der Waals surface area contributed by atoms with Crippen LogP contribution in [-0.2, 0) is 28.6 Å². The normalized spacial score (nSPS) is 23.0. The van der Waals surface area contributed by atoms with E-state index in [0.29, 0.717) is 11.1 Å². The van der Waals surface area contributed by atoms with E-state index in [1.54, 1.807) is 0 Å². The largest absolute Gasteiger partial charge is 0.504 e. The molecule has 0 bridgehead atoms. The Hall–Kier alpha value is -4.55. The lowest BCUT2D eigenvalue weighted by molar-refractivity contribution is -0.206. The first-order valence-corrected chi connectivity index (χ1v) is 11.8. The number of aromatic hydroxyl groups is 4. The summed E-state index contributed by atoms with van der Waals surface area (Å²) in [6.45, 7) is 1.45. The average Bonchev–Trinajstić information content (AvgIpc) is 2.88. The first-order chi connectivity index (χ1) is 18.4. The van der Waals surface area contributed by atoms with Crippen LogP contribution in [0.25, 0.3) is 12.2 Å². The van der Waals surface area contributed by atoms with Crippen LogP contribution in [0.2, 0.25) is 0 Å². The van der Waals surface area contributed by atoms with Gasteiger partial charge in [-0.3, -0.25) is 0 Å². The number of ether oxygens (including phenoxy) is 3. The zero-order valence-electron chi connectivity index (χ0n) is 20.8. The van der Waals surface area contributed by atoms with Crippen LogP contribution in [0.3, 0.4) is 0 Å². The lowest BCUT2D eigenvalue weighted by atomic mass is 9.79. The molecular weight excluding hydrogens is 516 g/mol. The van der Waals surface area contributed by atoms with Gasteiger partial charge in [-0.2, -0.15) is 0 Å². The van der Waals surface area contributed by atoms with Gasteiger partial charge < -0.3 is 44.8 Å². The van der Waals surface area contributed by atoms with Gasteiger partial charge in [0.1, 0.15) is 18.3 Å². The lowest BCUT2D eigenvalue weighted by Crippen LogP contribution is -2.58. The number of carbonyl (C=O) groups excluding carboxylic acids is 3. The first kappa shape index (κ1) is 29.0. The van der Waals surface area contributed by atoms with Gasteiger partial charge in [0, 0.05) is 25.0 Å². The van der Waals surface area contributed by atoms with Crippen molar-refractivity contribution < 1.29 is 59.2 Å². The number of benzene rings is 2. The van der Waals surface area contributed by atoms with Gasteiger partial charge in [-0.05, 0) is 54.5 Å². The van der Waals surface area contributed by atoms with Gasteiger partial charge in [0.05, 0.1) is 6.61 Å². The number of hydrogen-bond acceptors (Lipinski definition) is 12. The van der Waals surface area contributed by atoms with Crippen LogP contribution >= 0.6 is 0 Å². The fourth-order valence-corrected chi connectivity index (χ4v) is 3.88. The number of phenols is 4. The Morgan fingerprint density at radius 1 is 0.821 bits per heavy atom. The molecule has 208 valence electrons. The summed E-state index contributed by atoms with van der Waals surface area (Å²) in [6.07, 6.45) is -1.20. The number of aliphatic hydroxyl groups excluding tert-OH is 1. The molecular formula is C27H28O12. The predicted octanol–water partition coefficient (Wildman–Crippen LogP) is 1.51. The monoisotopic (exact) mass is 544 g/mol. The Morgan fingerprint density at radius 3 is 1.64 bits per heavy atom. The fourth-order valence-electron chi connectivity index (χ4n) is 3.88. The predicted molar refractivity (Wildman–Crippen MR) is 134 cm³/mol. The maximum Gasteiger partial charge on any atom is 0.338 e. The van der Waals surface area contributed by atoms with Crippen LogP contribution in [0.15, 0.2) is 48.6 Å². The van der Waals surface area contributed by atoms with E-state index in [1.165, 1.54) is 55.5 Å². The van der Waals surface area contributed by atoms with Crippen molar-refractivity contribution in [3.05, 3.63) is 59.7 Å². The van der Waals surface area contributed by atoms with Crippen molar-refractivity contribution in [2.75, 3.05) is 6.61 Å². The molecule has 0 heterocycles. The van der Waals surface area contributed by atoms with E-state index in [1.807, 2.05) is 0 Å². The molecule has 0 saturated heterocycles. The maximum atomic E-state index is 12.5. The minimum Gasteiger partial charge on any atom is -0.504 e. The Morgan fingerprint density at radius 2 is 1.26 bits per heavy atom. The second-order valence-electron chi connectivity index (χ2n) is 8.76. The third-order valence-electron chi connectivity index (χ3n) is 5.85. The summed E-state index contributed by atoms with van der Waals surface area (Å²) in [5.41, 5.74) is -1.56. The van der Waals surface area contributed by atoms with Crippen molar-refractivity contribution in [2.45, 2.75) is 43.7 Å². The zero-order valence-corrected chi connectivity index (χ0v) is 20.8. The fraction of sp³-hybridized carbons (Fsp3) is 0.296. The van der Waals surface area contributed by atoms with Gasteiger partial charge in [0.25, 0.3) is 0 Å². The molecule has 0 spiro atoms. The van der Waals surface area contributed by atoms with E-state index < -0.39 is 66.2 Å². The molecule has 12 heteroatoms. The van der Waals surface area contributed by atoms with E-state index in [2.05, 4.69) is 0 Å². The van der Waals surface area contributed by atoms with Crippen molar-refractivity contribution in [3.8, 4) is 23.0 Å². The van der Waals surface area contributed by atoms with E-state index in [0.717, 1.165) is 12.2 Å². The molecule has 1 aliphatic rings. The molecule has 0 amide bonds. The van der Waals surface area contributed by atoms with Crippen molar-refractivity contribution in [1.82, 2.24) is 0 Å². The van der Waals surface area contributed by atoms with Crippen molar-refractivity contribution >= 4 is 30.1 Å². The summed E-state index contributed by atoms with van der Waals surface area (Å²) in [4.78, 5) is 37.4. The topological polar surface area (TPSA) is 200 Å². The summed E-state index contributed by atoms with van der Waals surface area (Å²) in [5, 5.41) is 59.7. The quantitative estimate of drug-likeness (QED) is 0.121. The molecule has 2 atom stereocenters. The molecule has 1 fully saturated rings. The van der Waals surface area contributed by atoms with Crippen LogP contribution in [0, 0.1) is 0 Å². The average molecular weight is 545 g/mol. The van der Waals surface area contributed by atoms with Crippen molar-refractivity contribution in [2.24, 2.45) is 0 Å². The standard InChI is InChI=1S/C27H28O12/c1-2-37-26(35)27(36)13-21(38-23(32)9-5-15-3-7-17(28)19(30)11-15)25(34)22(14-27)39-24(33)10-6-16-4-8-18(29)20(31)12-16/h3-12,21-22,25,28-31,34,36H,2,13-14H2,1H3/b9-5+,10-6+/t21-,22-,25?,27?/m1/s1. The van der Waals surface area contributed by atoms with E-state index in [4.69, 9.17) is 14.2 Å². The van der Waals surface area contributed by atoms with Crippen LogP contribution in [-0.4, -0.2) is 79.1 Å². The molecule has 0 radical (unpaired) electrons.